The summed E-state index contributed by atoms with van der Waals surface area (Å²) >= 11 is 0. The zero-order valence-electron chi connectivity index (χ0n) is 13.5. The van der Waals surface area contributed by atoms with Gasteiger partial charge in [0.2, 0.25) is 5.91 Å². The minimum Gasteiger partial charge on any atom is -0.479 e. The summed E-state index contributed by atoms with van der Waals surface area (Å²) < 4.78 is 0. The quantitative estimate of drug-likeness (QED) is 0.457. The lowest BCUT2D eigenvalue weighted by atomic mass is 10.1. The Balaban J connectivity index is 3.44. The fourth-order valence-electron chi connectivity index (χ4n) is 2.03. The maximum absolute atomic E-state index is 11.5. The molecule has 1 amide bonds. The highest BCUT2D eigenvalue weighted by Crippen LogP contribution is 2.10. The molecule has 0 aromatic heterocycles. The average molecular weight is 301 g/mol. The van der Waals surface area contributed by atoms with Crippen LogP contribution >= 0.6 is 0 Å². The molecule has 21 heavy (non-hydrogen) atoms. The zero-order chi connectivity index (χ0) is 16.1. The number of aliphatic hydroxyl groups is 1. The fraction of sp³-hybridized carbons (Fsp3) is 0.875. The number of aliphatic carboxylic acids is 1. The Labute approximate surface area is 128 Å². The van der Waals surface area contributed by atoms with E-state index in [0.717, 1.165) is 19.3 Å². The van der Waals surface area contributed by atoms with Gasteiger partial charge < -0.3 is 15.5 Å². The van der Waals surface area contributed by atoms with Gasteiger partial charge in [-0.25, -0.2) is 4.79 Å². The minimum absolute atomic E-state index is 0.195. The van der Waals surface area contributed by atoms with Crippen molar-refractivity contribution in [2.75, 3.05) is 6.54 Å². The number of hydrogen-bond acceptors (Lipinski definition) is 3. The van der Waals surface area contributed by atoms with E-state index in [9.17, 15) is 14.7 Å². The first-order valence-electron chi connectivity index (χ1n) is 8.12. The lowest BCUT2D eigenvalue weighted by Crippen LogP contribution is -2.46. The molecule has 0 aliphatic carbocycles. The predicted octanol–water partition coefficient (Wildman–Crippen LogP) is 2.86. The third-order valence-corrected chi connectivity index (χ3v) is 3.60. The molecule has 0 radical (unpaired) electrons. The van der Waals surface area contributed by atoms with Crippen LogP contribution in [0.5, 0.6) is 0 Å². The van der Waals surface area contributed by atoms with Crippen LogP contribution in [0.15, 0.2) is 0 Å². The first kappa shape index (κ1) is 19.9. The van der Waals surface area contributed by atoms with Crippen molar-refractivity contribution in [2.45, 2.75) is 83.7 Å². The summed E-state index contributed by atoms with van der Waals surface area (Å²) in [6, 6.07) is 0. The summed E-state index contributed by atoms with van der Waals surface area (Å²) in [6.45, 7) is 3.13. The second kappa shape index (κ2) is 11.5. The van der Waals surface area contributed by atoms with E-state index in [4.69, 9.17) is 5.11 Å². The highest BCUT2D eigenvalue weighted by atomic mass is 16.4. The second-order valence-corrected chi connectivity index (χ2v) is 5.93. The minimum atomic E-state index is -1.89. The van der Waals surface area contributed by atoms with Gasteiger partial charge in [-0.15, -0.1) is 0 Å². The Morgan fingerprint density at radius 2 is 1.43 bits per heavy atom. The summed E-state index contributed by atoms with van der Waals surface area (Å²) in [4.78, 5) is 22.2. The van der Waals surface area contributed by atoms with Crippen LogP contribution < -0.4 is 5.32 Å². The molecule has 1 atom stereocenters. The van der Waals surface area contributed by atoms with Crippen LogP contribution in [0.1, 0.15) is 78.1 Å². The second-order valence-electron chi connectivity index (χ2n) is 5.93. The van der Waals surface area contributed by atoms with Gasteiger partial charge in [0, 0.05) is 6.42 Å². The first-order chi connectivity index (χ1) is 9.90. The molecule has 1 unspecified atom stereocenters. The van der Waals surface area contributed by atoms with E-state index in [1.807, 2.05) is 0 Å². The molecule has 5 nitrogen and oxygen atoms in total. The van der Waals surface area contributed by atoms with E-state index >= 15 is 0 Å². The fourth-order valence-corrected chi connectivity index (χ4v) is 2.03. The summed E-state index contributed by atoms with van der Waals surface area (Å²) in [7, 11) is 0. The molecule has 0 fully saturated rings. The van der Waals surface area contributed by atoms with E-state index in [-0.39, 0.29) is 12.5 Å². The van der Waals surface area contributed by atoms with Crippen LogP contribution in [0.4, 0.5) is 0 Å². The molecular weight excluding hydrogens is 270 g/mol. The number of hydrogen-bond donors (Lipinski definition) is 3. The van der Waals surface area contributed by atoms with Crippen molar-refractivity contribution in [3.8, 4) is 0 Å². The van der Waals surface area contributed by atoms with Gasteiger partial charge in [0.1, 0.15) is 0 Å². The standard InChI is InChI=1S/C16H31NO4/c1-3-4-5-6-7-8-9-10-11-12-14(18)17-13-16(2,21)15(19)20/h21H,3-13H2,1-2H3,(H,17,18)(H,19,20). The normalized spacial score (nSPS) is 13.7. The first-order valence-corrected chi connectivity index (χ1v) is 8.12. The zero-order valence-corrected chi connectivity index (χ0v) is 13.5. The van der Waals surface area contributed by atoms with Crippen molar-refractivity contribution in [1.29, 1.82) is 0 Å². The molecule has 3 N–H and O–H groups in total. The molecule has 0 saturated heterocycles. The van der Waals surface area contributed by atoms with Gasteiger partial charge >= 0.3 is 5.97 Å². The average Bonchev–Trinajstić information content (AvgIpc) is 2.43. The van der Waals surface area contributed by atoms with Crippen LogP contribution in [0, 0.1) is 0 Å². The number of unbranched alkanes of at least 4 members (excludes halogenated alkanes) is 8. The number of nitrogens with one attached hydrogen (secondary N) is 1. The molecule has 0 heterocycles. The highest BCUT2D eigenvalue weighted by Gasteiger charge is 2.29. The van der Waals surface area contributed by atoms with Crippen molar-refractivity contribution in [3.05, 3.63) is 0 Å². The summed E-state index contributed by atoms with van der Waals surface area (Å²) in [5.41, 5.74) is -1.89. The SMILES string of the molecule is CCCCCCCCCCCC(=O)NCC(C)(O)C(=O)O. The van der Waals surface area contributed by atoms with Gasteiger partial charge in [-0.1, -0.05) is 58.3 Å². The molecule has 0 aliphatic rings. The lowest BCUT2D eigenvalue weighted by Gasteiger charge is -2.18. The molecule has 0 aromatic rings. The molecule has 5 heteroatoms. The third kappa shape index (κ3) is 11.3. The monoisotopic (exact) mass is 301 g/mol. The number of carbonyl (C=O) groups is 2. The number of carboxylic acid groups (broad SMARTS) is 1. The van der Waals surface area contributed by atoms with E-state index in [1.54, 1.807) is 0 Å². The maximum Gasteiger partial charge on any atom is 0.337 e. The van der Waals surface area contributed by atoms with Crippen molar-refractivity contribution in [1.82, 2.24) is 5.32 Å². The van der Waals surface area contributed by atoms with Crippen molar-refractivity contribution in [3.63, 3.8) is 0 Å². The molecule has 0 aliphatic heterocycles. The Morgan fingerprint density at radius 1 is 0.952 bits per heavy atom. The number of amides is 1. The smallest absolute Gasteiger partial charge is 0.337 e. The molecule has 0 bridgehead atoms. The van der Waals surface area contributed by atoms with Crippen molar-refractivity contribution in [2.24, 2.45) is 0 Å². The van der Waals surface area contributed by atoms with Gasteiger partial charge in [0.05, 0.1) is 6.54 Å². The van der Waals surface area contributed by atoms with Crippen LogP contribution in [-0.2, 0) is 9.59 Å². The summed E-state index contributed by atoms with van der Waals surface area (Å²) in [5, 5.41) is 20.6. The summed E-state index contributed by atoms with van der Waals surface area (Å²) in [5.74, 6) is -1.52. The van der Waals surface area contributed by atoms with Crippen LogP contribution in [0.25, 0.3) is 0 Å². The van der Waals surface area contributed by atoms with E-state index in [2.05, 4.69) is 12.2 Å². The molecule has 124 valence electrons. The Bertz CT molecular complexity index is 303. The van der Waals surface area contributed by atoms with Crippen LogP contribution in [0.2, 0.25) is 0 Å². The predicted molar refractivity (Wildman–Crippen MR) is 83.1 cm³/mol. The lowest BCUT2D eigenvalue weighted by molar-refractivity contribution is -0.156. The highest BCUT2D eigenvalue weighted by molar-refractivity contribution is 5.80. The molecular formula is C16H31NO4. The van der Waals surface area contributed by atoms with Crippen molar-refractivity contribution >= 4 is 11.9 Å². The number of carboxylic acids is 1. The van der Waals surface area contributed by atoms with Gasteiger partial charge in [0.25, 0.3) is 0 Å². The molecule has 0 saturated carbocycles. The maximum atomic E-state index is 11.5. The van der Waals surface area contributed by atoms with E-state index < -0.39 is 11.6 Å². The van der Waals surface area contributed by atoms with E-state index in [0.29, 0.717) is 6.42 Å². The van der Waals surface area contributed by atoms with Gasteiger partial charge in [-0.3, -0.25) is 4.79 Å². The molecule has 0 rings (SSSR count). The topological polar surface area (TPSA) is 86.6 Å². The van der Waals surface area contributed by atoms with Crippen LogP contribution in [-0.4, -0.2) is 34.2 Å². The molecule has 0 spiro atoms. The number of carbonyl (C=O) groups excluding carboxylic acids is 1. The largest absolute Gasteiger partial charge is 0.479 e. The van der Waals surface area contributed by atoms with Gasteiger partial charge in [-0.2, -0.15) is 0 Å². The third-order valence-electron chi connectivity index (χ3n) is 3.60. The summed E-state index contributed by atoms with van der Waals surface area (Å²) in [6.07, 6.45) is 11.1. The Kier molecular flexibility index (Phi) is 10.9. The van der Waals surface area contributed by atoms with E-state index in [1.165, 1.54) is 45.4 Å². The van der Waals surface area contributed by atoms with Gasteiger partial charge in [0.15, 0.2) is 5.60 Å². The Hall–Kier alpha value is -1.10. The molecule has 0 aromatic carbocycles. The van der Waals surface area contributed by atoms with Crippen molar-refractivity contribution < 1.29 is 19.8 Å². The Morgan fingerprint density at radius 3 is 1.90 bits per heavy atom. The van der Waals surface area contributed by atoms with Gasteiger partial charge in [-0.05, 0) is 13.3 Å². The van der Waals surface area contributed by atoms with Crippen LogP contribution in [0.3, 0.4) is 0 Å². The number of rotatable bonds is 13.